The maximum Gasteiger partial charge on any atom is 0.152 e. The van der Waals surface area contributed by atoms with Crippen molar-refractivity contribution >= 4 is 9.84 Å². The molecule has 4 nitrogen and oxygen atoms in total. The second-order valence-corrected chi connectivity index (χ2v) is 7.51. The van der Waals surface area contributed by atoms with E-state index in [1.165, 1.54) is 0 Å². The molecule has 0 bridgehead atoms. The summed E-state index contributed by atoms with van der Waals surface area (Å²) in [5, 5.41) is 3.24. The van der Waals surface area contributed by atoms with Gasteiger partial charge >= 0.3 is 0 Å². The summed E-state index contributed by atoms with van der Waals surface area (Å²) in [6, 6.07) is 7.36. The topological polar surface area (TPSA) is 55.4 Å². The van der Waals surface area contributed by atoms with Crippen molar-refractivity contribution in [2.75, 3.05) is 25.2 Å². The van der Waals surface area contributed by atoms with Gasteiger partial charge in [-0.3, -0.25) is 0 Å². The molecule has 0 radical (unpaired) electrons. The second kappa shape index (κ2) is 7.64. The Kier molecular flexibility index (Phi) is 6.49. The molecule has 0 heterocycles. The number of sulfone groups is 1. The highest BCUT2D eigenvalue weighted by Crippen LogP contribution is 2.21. The lowest BCUT2D eigenvalue weighted by Gasteiger charge is -2.19. The molecule has 0 aliphatic carbocycles. The quantitative estimate of drug-likeness (QED) is 0.801. The van der Waals surface area contributed by atoms with Crippen molar-refractivity contribution < 1.29 is 13.2 Å². The Morgan fingerprint density at radius 1 is 1.25 bits per heavy atom. The van der Waals surface area contributed by atoms with Crippen LogP contribution in [0.4, 0.5) is 0 Å². The van der Waals surface area contributed by atoms with E-state index in [1.807, 2.05) is 45.0 Å². The lowest BCUT2D eigenvalue weighted by Crippen LogP contribution is -2.30. The molecular weight excluding hydrogens is 274 g/mol. The fourth-order valence-electron chi connectivity index (χ4n) is 2.21. The number of methoxy groups -OCH3 is 1. The average molecular weight is 299 g/mol. The summed E-state index contributed by atoms with van der Waals surface area (Å²) in [6.07, 6.45) is 0. The molecule has 0 saturated heterocycles. The van der Waals surface area contributed by atoms with Crippen molar-refractivity contribution in [3.8, 4) is 5.75 Å². The van der Waals surface area contributed by atoms with Gasteiger partial charge in [-0.05, 0) is 30.2 Å². The monoisotopic (exact) mass is 299 g/mol. The van der Waals surface area contributed by atoms with Gasteiger partial charge in [0.2, 0.25) is 0 Å². The van der Waals surface area contributed by atoms with Crippen molar-refractivity contribution in [1.82, 2.24) is 5.32 Å². The number of hydrogen-bond acceptors (Lipinski definition) is 4. The summed E-state index contributed by atoms with van der Waals surface area (Å²) in [5.74, 6) is 1.23. The smallest absolute Gasteiger partial charge is 0.152 e. The SMILES string of the molecule is CCNC(CS(=O)(=O)CC(C)C)c1cccc(OC)c1. The van der Waals surface area contributed by atoms with Crippen molar-refractivity contribution in [1.29, 1.82) is 0 Å². The first-order valence-electron chi connectivity index (χ1n) is 6.95. The molecule has 1 unspecified atom stereocenters. The third-order valence-electron chi connectivity index (χ3n) is 2.95. The number of benzene rings is 1. The largest absolute Gasteiger partial charge is 0.497 e. The van der Waals surface area contributed by atoms with E-state index < -0.39 is 9.84 Å². The molecule has 0 fully saturated rings. The Labute approximate surface area is 122 Å². The van der Waals surface area contributed by atoms with Crippen LogP contribution in [-0.2, 0) is 9.84 Å². The van der Waals surface area contributed by atoms with Crippen LogP contribution in [-0.4, -0.2) is 33.6 Å². The van der Waals surface area contributed by atoms with E-state index in [9.17, 15) is 8.42 Å². The Bertz CT molecular complexity index is 512. The van der Waals surface area contributed by atoms with Gasteiger partial charge < -0.3 is 10.1 Å². The first-order chi connectivity index (χ1) is 9.38. The molecule has 0 amide bonds. The summed E-state index contributed by atoms with van der Waals surface area (Å²) in [7, 11) is -1.47. The Morgan fingerprint density at radius 2 is 1.95 bits per heavy atom. The van der Waals surface area contributed by atoms with Crippen molar-refractivity contribution in [3.63, 3.8) is 0 Å². The molecule has 1 aromatic rings. The molecular formula is C15H25NO3S. The van der Waals surface area contributed by atoms with E-state index in [-0.39, 0.29) is 23.5 Å². The lowest BCUT2D eigenvalue weighted by molar-refractivity contribution is 0.413. The first kappa shape index (κ1) is 17.0. The van der Waals surface area contributed by atoms with Crippen LogP contribution in [0.3, 0.4) is 0 Å². The maximum absolute atomic E-state index is 12.2. The highest BCUT2D eigenvalue weighted by molar-refractivity contribution is 7.91. The highest BCUT2D eigenvalue weighted by Gasteiger charge is 2.21. The van der Waals surface area contributed by atoms with Gasteiger partial charge in [-0.25, -0.2) is 8.42 Å². The van der Waals surface area contributed by atoms with Crippen molar-refractivity contribution in [2.24, 2.45) is 5.92 Å². The zero-order valence-electron chi connectivity index (χ0n) is 12.7. The third-order valence-corrected chi connectivity index (χ3v) is 4.97. The maximum atomic E-state index is 12.2. The van der Waals surface area contributed by atoms with E-state index in [1.54, 1.807) is 7.11 Å². The van der Waals surface area contributed by atoms with Crippen molar-refractivity contribution in [3.05, 3.63) is 29.8 Å². The van der Waals surface area contributed by atoms with Crippen LogP contribution in [0.15, 0.2) is 24.3 Å². The molecule has 0 spiro atoms. The Balaban J connectivity index is 2.93. The highest BCUT2D eigenvalue weighted by atomic mass is 32.2. The van der Waals surface area contributed by atoms with Crippen LogP contribution < -0.4 is 10.1 Å². The first-order valence-corrected chi connectivity index (χ1v) is 8.77. The average Bonchev–Trinajstić information content (AvgIpc) is 2.36. The normalized spacial score (nSPS) is 13.4. The predicted octanol–water partition coefficient (Wildman–Crippen LogP) is 2.42. The van der Waals surface area contributed by atoms with E-state index in [2.05, 4.69) is 5.32 Å². The molecule has 0 aliphatic rings. The standard InChI is InChI=1S/C15H25NO3S/c1-5-16-15(11-20(17,18)10-12(2)3)13-7-6-8-14(9-13)19-4/h6-9,12,15-16H,5,10-11H2,1-4H3. The van der Waals surface area contributed by atoms with Gasteiger partial charge in [0.05, 0.1) is 18.6 Å². The third kappa shape index (κ3) is 5.51. The molecule has 0 aromatic heterocycles. The fourth-order valence-corrected chi connectivity index (χ4v) is 4.18. The number of rotatable bonds is 8. The summed E-state index contributed by atoms with van der Waals surface area (Å²) >= 11 is 0. The number of hydrogen-bond donors (Lipinski definition) is 1. The van der Waals surface area contributed by atoms with E-state index in [0.717, 1.165) is 17.9 Å². The van der Waals surface area contributed by atoms with Gasteiger partial charge in [-0.1, -0.05) is 32.9 Å². The van der Waals surface area contributed by atoms with E-state index in [4.69, 9.17) is 4.74 Å². The fraction of sp³-hybridized carbons (Fsp3) is 0.600. The van der Waals surface area contributed by atoms with Crippen LogP contribution in [0, 0.1) is 5.92 Å². The van der Waals surface area contributed by atoms with Gasteiger partial charge in [-0.15, -0.1) is 0 Å². The van der Waals surface area contributed by atoms with Gasteiger partial charge in [-0.2, -0.15) is 0 Å². The Hall–Kier alpha value is -1.07. The minimum absolute atomic E-state index is 0.117. The van der Waals surface area contributed by atoms with Gasteiger partial charge in [0.1, 0.15) is 5.75 Å². The zero-order valence-corrected chi connectivity index (χ0v) is 13.5. The van der Waals surface area contributed by atoms with Crippen LogP contribution >= 0.6 is 0 Å². The summed E-state index contributed by atoms with van der Waals surface area (Å²) in [5.41, 5.74) is 0.943. The van der Waals surface area contributed by atoms with Crippen LogP contribution in [0.5, 0.6) is 5.75 Å². The zero-order chi connectivity index (χ0) is 15.2. The Morgan fingerprint density at radius 3 is 2.50 bits per heavy atom. The number of ether oxygens (including phenoxy) is 1. The summed E-state index contributed by atoms with van der Waals surface area (Å²) in [4.78, 5) is 0. The summed E-state index contributed by atoms with van der Waals surface area (Å²) in [6.45, 7) is 6.54. The minimum atomic E-state index is -3.07. The van der Waals surface area contributed by atoms with Crippen LogP contribution in [0.1, 0.15) is 32.4 Å². The van der Waals surface area contributed by atoms with Crippen LogP contribution in [0.2, 0.25) is 0 Å². The molecule has 0 saturated carbocycles. The number of nitrogens with one attached hydrogen (secondary N) is 1. The van der Waals surface area contributed by atoms with Crippen molar-refractivity contribution in [2.45, 2.75) is 26.8 Å². The van der Waals surface area contributed by atoms with E-state index >= 15 is 0 Å². The molecule has 1 N–H and O–H groups in total. The molecule has 114 valence electrons. The van der Waals surface area contributed by atoms with Gasteiger partial charge in [0.25, 0.3) is 0 Å². The minimum Gasteiger partial charge on any atom is -0.497 e. The van der Waals surface area contributed by atoms with E-state index in [0.29, 0.717) is 0 Å². The van der Waals surface area contributed by atoms with Gasteiger partial charge in [0, 0.05) is 6.04 Å². The van der Waals surface area contributed by atoms with Crippen LogP contribution in [0.25, 0.3) is 0 Å². The molecule has 0 aliphatic heterocycles. The molecule has 20 heavy (non-hydrogen) atoms. The molecule has 1 rings (SSSR count). The predicted molar refractivity (Wildman–Crippen MR) is 82.9 cm³/mol. The molecule has 1 aromatic carbocycles. The molecule has 5 heteroatoms. The van der Waals surface area contributed by atoms with Gasteiger partial charge in [0.15, 0.2) is 9.84 Å². The lowest BCUT2D eigenvalue weighted by atomic mass is 10.1. The summed E-state index contributed by atoms with van der Waals surface area (Å²) < 4.78 is 29.6. The molecule has 1 atom stereocenters. The second-order valence-electron chi connectivity index (χ2n) is 5.36.